The Bertz CT molecular complexity index is 389. The Morgan fingerprint density at radius 1 is 1.60 bits per heavy atom. The van der Waals surface area contributed by atoms with Crippen molar-refractivity contribution in [1.29, 1.82) is 0 Å². The van der Waals surface area contributed by atoms with Gasteiger partial charge in [-0.1, -0.05) is 6.07 Å². The van der Waals surface area contributed by atoms with E-state index in [1.54, 1.807) is 11.3 Å². The normalized spacial score (nSPS) is 18.4. The number of rotatable bonds is 8. The molecule has 1 saturated heterocycles. The van der Waals surface area contributed by atoms with E-state index in [2.05, 4.69) is 16.8 Å². The molecule has 1 aromatic heterocycles. The van der Waals surface area contributed by atoms with Crippen molar-refractivity contribution in [2.75, 3.05) is 26.7 Å². The highest BCUT2D eigenvalue weighted by molar-refractivity contribution is 7.09. The lowest BCUT2D eigenvalue weighted by atomic mass is 10.2. The average Bonchev–Trinajstić information content (AvgIpc) is 3.11. The van der Waals surface area contributed by atoms with Crippen molar-refractivity contribution in [3.05, 3.63) is 22.4 Å². The van der Waals surface area contributed by atoms with Crippen LogP contribution in [0.2, 0.25) is 0 Å². The maximum atomic E-state index is 12.4. The number of carbonyl (C=O) groups is 1. The molecule has 2 heterocycles. The molecule has 0 saturated carbocycles. The third-order valence-corrected chi connectivity index (χ3v) is 4.41. The molecule has 20 heavy (non-hydrogen) atoms. The van der Waals surface area contributed by atoms with Crippen molar-refractivity contribution in [2.45, 2.75) is 38.3 Å². The van der Waals surface area contributed by atoms with E-state index in [1.165, 1.54) is 4.88 Å². The molecule has 1 aromatic rings. The van der Waals surface area contributed by atoms with Crippen LogP contribution in [0, 0.1) is 0 Å². The summed E-state index contributed by atoms with van der Waals surface area (Å²) in [5, 5.41) is 5.15. The minimum atomic E-state index is 0.225. The second-order valence-corrected chi connectivity index (χ2v) is 6.23. The Morgan fingerprint density at radius 2 is 2.50 bits per heavy atom. The van der Waals surface area contributed by atoms with E-state index in [9.17, 15) is 4.79 Å². The lowest BCUT2D eigenvalue weighted by molar-refractivity contribution is -0.133. The van der Waals surface area contributed by atoms with Crippen molar-refractivity contribution >= 4 is 17.2 Å². The fraction of sp³-hybridized carbons (Fsp3) is 0.667. The van der Waals surface area contributed by atoms with E-state index in [1.807, 2.05) is 18.0 Å². The first-order valence-electron chi connectivity index (χ1n) is 7.36. The van der Waals surface area contributed by atoms with Gasteiger partial charge in [-0.25, -0.2) is 0 Å². The summed E-state index contributed by atoms with van der Waals surface area (Å²) in [5.74, 6) is 0.240. The number of hydrogen-bond donors (Lipinski definition) is 1. The van der Waals surface area contributed by atoms with Crippen LogP contribution in [0.3, 0.4) is 0 Å². The first kappa shape index (κ1) is 15.5. The largest absolute Gasteiger partial charge is 0.376 e. The number of amides is 1. The molecule has 1 N–H and O–H groups in total. The summed E-state index contributed by atoms with van der Waals surface area (Å²) in [6.07, 6.45) is 3.92. The van der Waals surface area contributed by atoms with E-state index < -0.39 is 0 Å². The highest BCUT2D eigenvalue weighted by Crippen LogP contribution is 2.18. The Kier molecular flexibility index (Phi) is 6.50. The second-order valence-electron chi connectivity index (χ2n) is 5.20. The van der Waals surface area contributed by atoms with Gasteiger partial charge in [0.05, 0.1) is 12.6 Å². The summed E-state index contributed by atoms with van der Waals surface area (Å²) in [6, 6.07) is 4.13. The van der Waals surface area contributed by atoms with Crippen LogP contribution in [-0.4, -0.2) is 43.7 Å². The van der Waals surface area contributed by atoms with Crippen LogP contribution in [0.5, 0.6) is 0 Å². The SMILES string of the molecule is CNCCCC(=O)N(Cc1cccs1)CC1CCCO1. The Labute approximate surface area is 125 Å². The lowest BCUT2D eigenvalue weighted by Gasteiger charge is -2.25. The molecular formula is C15H24N2O2S. The van der Waals surface area contributed by atoms with Crippen LogP contribution in [0.1, 0.15) is 30.6 Å². The van der Waals surface area contributed by atoms with Gasteiger partial charge in [0.25, 0.3) is 0 Å². The number of carbonyl (C=O) groups excluding carboxylic acids is 1. The highest BCUT2D eigenvalue weighted by atomic mass is 32.1. The average molecular weight is 296 g/mol. The lowest BCUT2D eigenvalue weighted by Crippen LogP contribution is -2.36. The van der Waals surface area contributed by atoms with Gasteiger partial charge in [-0.15, -0.1) is 11.3 Å². The maximum Gasteiger partial charge on any atom is 0.223 e. The molecule has 0 aromatic carbocycles. The Hall–Kier alpha value is -0.910. The zero-order valence-corrected chi connectivity index (χ0v) is 13.0. The molecule has 112 valence electrons. The van der Waals surface area contributed by atoms with E-state index in [-0.39, 0.29) is 12.0 Å². The Morgan fingerprint density at radius 3 is 3.15 bits per heavy atom. The molecule has 0 aliphatic carbocycles. The van der Waals surface area contributed by atoms with Crippen LogP contribution in [-0.2, 0) is 16.1 Å². The van der Waals surface area contributed by atoms with Gasteiger partial charge in [0.2, 0.25) is 5.91 Å². The summed E-state index contributed by atoms with van der Waals surface area (Å²) in [5.41, 5.74) is 0. The maximum absolute atomic E-state index is 12.4. The molecule has 0 radical (unpaired) electrons. The molecule has 1 aliphatic rings. The monoisotopic (exact) mass is 296 g/mol. The van der Waals surface area contributed by atoms with Gasteiger partial charge in [0.15, 0.2) is 0 Å². The fourth-order valence-corrected chi connectivity index (χ4v) is 3.17. The van der Waals surface area contributed by atoms with Crippen molar-refractivity contribution in [1.82, 2.24) is 10.2 Å². The number of thiophene rings is 1. The summed E-state index contributed by atoms with van der Waals surface area (Å²) < 4.78 is 5.68. The minimum absolute atomic E-state index is 0.225. The van der Waals surface area contributed by atoms with Crippen molar-refractivity contribution in [2.24, 2.45) is 0 Å². The molecule has 1 aliphatic heterocycles. The van der Waals surface area contributed by atoms with E-state index in [0.717, 1.165) is 45.5 Å². The van der Waals surface area contributed by atoms with Crippen LogP contribution < -0.4 is 5.32 Å². The molecule has 5 heteroatoms. The summed E-state index contributed by atoms with van der Waals surface area (Å²) >= 11 is 1.71. The van der Waals surface area contributed by atoms with Gasteiger partial charge in [0, 0.05) is 24.4 Å². The van der Waals surface area contributed by atoms with Gasteiger partial charge in [-0.3, -0.25) is 4.79 Å². The summed E-state index contributed by atoms with van der Waals surface area (Å²) in [7, 11) is 1.92. The van der Waals surface area contributed by atoms with Gasteiger partial charge in [0.1, 0.15) is 0 Å². The molecular weight excluding hydrogens is 272 g/mol. The van der Waals surface area contributed by atoms with Gasteiger partial charge in [-0.2, -0.15) is 0 Å². The third-order valence-electron chi connectivity index (χ3n) is 3.54. The summed E-state index contributed by atoms with van der Waals surface area (Å²) in [4.78, 5) is 15.6. The van der Waals surface area contributed by atoms with E-state index in [0.29, 0.717) is 6.42 Å². The third kappa shape index (κ3) is 4.89. The number of nitrogens with one attached hydrogen (secondary N) is 1. The van der Waals surface area contributed by atoms with E-state index >= 15 is 0 Å². The molecule has 1 unspecified atom stereocenters. The first-order valence-corrected chi connectivity index (χ1v) is 8.24. The Balaban J connectivity index is 1.89. The van der Waals surface area contributed by atoms with Crippen LogP contribution in [0.15, 0.2) is 17.5 Å². The van der Waals surface area contributed by atoms with Crippen LogP contribution in [0.4, 0.5) is 0 Å². The second kappa shape index (κ2) is 8.39. The highest BCUT2D eigenvalue weighted by Gasteiger charge is 2.22. The predicted molar refractivity (Wildman–Crippen MR) is 81.9 cm³/mol. The molecule has 4 nitrogen and oxygen atoms in total. The molecule has 1 amide bonds. The van der Waals surface area contributed by atoms with Gasteiger partial charge >= 0.3 is 0 Å². The molecule has 0 spiro atoms. The van der Waals surface area contributed by atoms with Crippen molar-refractivity contribution in [3.8, 4) is 0 Å². The van der Waals surface area contributed by atoms with Gasteiger partial charge in [-0.05, 0) is 44.3 Å². The smallest absolute Gasteiger partial charge is 0.223 e. The molecule has 1 fully saturated rings. The predicted octanol–water partition coefficient (Wildman–Crippen LogP) is 2.26. The van der Waals surface area contributed by atoms with Crippen LogP contribution >= 0.6 is 11.3 Å². The van der Waals surface area contributed by atoms with Crippen molar-refractivity contribution < 1.29 is 9.53 Å². The van der Waals surface area contributed by atoms with E-state index in [4.69, 9.17) is 4.74 Å². The van der Waals surface area contributed by atoms with Crippen molar-refractivity contribution in [3.63, 3.8) is 0 Å². The van der Waals surface area contributed by atoms with Gasteiger partial charge < -0.3 is 15.0 Å². The molecule has 2 rings (SSSR count). The zero-order valence-electron chi connectivity index (χ0n) is 12.1. The molecule has 1 atom stereocenters. The first-order chi connectivity index (χ1) is 9.79. The standard InChI is InChI=1S/C15H24N2O2S/c1-16-8-2-7-15(18)17(11-13-5-3-9-19-13)12-14-6-4-10-20-14/h4,6,10,13,16H,2-3,5,7-9,11-12H2,1H3. The summed E-state index contributed by atoms with van der Waals surface area (Å²) in [6.45, 7) is 3.18. The van der Waals surface area contributed by atoms with Crippen LogP contribution in [0.25, 0.3) is 0 Å². The minimum Gasteiger partial charge on any atom is -0.376 e. The fourth-order valence-electron chi connectivity index (χ4n) is 2.45. The zero-order chi connectivity index (χ0) is 14.2. The number of ether oxygens (including phenoxy) is 1. The number of nitrogens with zero attached hydrogens (tertiary/aromatic N) is 1. The number of hydrogen-bond acceptors (Lipinski definition) is 4. The quantitative estimate of drug-likeness (QED) is 0.748. The topological polar surface area (TPSA) is 41.6 Å². The molecule has 0 bridgehead atoms.